The first kappa shape index (κ1) is 22.3. The summed E-state index contributed by atoms with van der Waals surface area (Å²) >= 11 is 0. The Kier molecular flexibility index (Phi) is 7.40. The van der Waals surface area contributed by atoms with Crippen LogP contribution in [0.4, 0.5) is 5.69 Å². The van der Waals surface area contributed by atoms with Crippen LogP contribution in [0.2, 0.25) is 0 Å². The lowest BCUT2D eigenvalue weighted by molar-refractivity contribution is -0.384. The molecular formula is C21H20N3O6-. The molecule has 0 aliphatic heterocycles. The lowest BCUT2D eigenvalue weighted by atomic mass is 10.0. The quantitative estimate of drug-likeness (QED) is 0.381. The second-order valence-corrected chi connectivity index (χ2v) is 6.74. The number of hydrogen-bond acceptors (Lipinski definition) is 6. The number of carboxylic acid groups (broad SMARTS) is 1. The molecule has 0 spiro atoms. The summed E-state index contributed by atoms with van der Waals surface area (Å²) < 4.78 is 0. The summed E-state index contributed by atoms with van der Waals surface area (Å²) in [7, 11) is 0. The Morgan fingerprint density at radius 2 is 1.70 bits per heavy atom. The molecule has 0 unspecified atom stereocenters. The molecule has 0 saturated heterocycles. The summed E-state index contributed by atoms with van der Waals surface area (Å²) in [6, 6.07) is 12.2. The van der Waals surface area contributed by atoms with E-state index >= 15 is 0 Å². The number of hydrogen-bond donors (Lipinski definition) is 2. The largest absolute Gasteiger partial charge is 0.548 e. The van der Waals surface area contributed by atoms with Gasteiger partial charge in [-0.2, -0.15) is 0 Å². The van der Waals surface area contributed by atoms with Gasteiger partial charge in [0.2, 0.25) is 0 Å². The Balaban J connectivity index is 2.40. The number of non-ortho nitro benzene ring substituents is 1. The molecule has 9 heteroatoms. The monoisotopic (exact) mass is 410 g/mol. The van der Waals surface area contributed by atoms with Crippen molar-refractivity contribution in [2.24, 2.45) is 5.92 Å². The smallest absolute Gasteiger partial charge is 0.270 e. The van der Waals surface area contributed by atoms with Crippen LogP contribution in [0.5, 0.6) is 0 Å². The van der Waals surface area contributed by atoms with Gasteiger partial charge >= 0.3 is 0 Å². The summed E-state index contributed by atoms with van der Waals surface area (Å²) in [5.41, 5.74) is 0.0803. The van der Waals surface area contributed by atoms with Gasteiger partial charge in [0.15, 0.2) is 0 Å². The van der Waals surface area contributed by atoms with Crippen molar-refractivity contribution in [3.63, 3.8) is 0 Å². The first-order chi connectivity index (χ1) is 14.2. The zero-order valence-electron chi connectivity index (χ0n) is 16.3. The molecule has 0 bridgehead atoms. The van der Waals surface area contributed by atoms with E-state index in [0.29, 0.717) is 0 Å². The third kappa shape index (κ3) is 5.99. The van der Waals surface area contributed by atoms with Crippen LogP contribution in [0.15, 0.2) is 60.3 Å². The van der Waals surface area contributed by atoms with Crippen LogP contribution in [0, 0.1) is 16.0 Å². The van der Waals surface area contributed by atoms with E-state index in [9.17, 15) is 29.6 Å². The summed E-state index contributed by atoms with van der Waals surface area (Å²) in [4.78, 5) is 47.0. The van der Waals surface area contributed by atoms with E-state index in [1.807, 2.05) is 0 Å². The average Bonchev–Trinajstić information content (AvgIpc) is 2.71. The average molecular weight is 410 g/mol. The SMILES string of the molecule is CC(C)[C@H](NC(=O)/C(=C\c1cccc([N+](=O)[O-])c1)NC(=O)c1ccccc1)C(=O)[O-]. The molecule has 0 aromatic heterocycles. The van der Waals surface area contributed by atoms with Crippen LogP contribution in [-0.4, -0.2) is 28.7 Å². The molecule has 2 aromatic rings. The minimum Gasteiger partial charge on any atom is -0.548 e. The molecule has 2 rings (SSSR count). The minimum absolute atomic E-state index is 0.201. The number of nitrogens with zero attached hydrogens (tertiary/aromatic N) is 1. The Labute approximate surface area is 172 Å². The van der Waals surface area contributed by atoms with Crippen molar-refractivity contribution in [3.05, 3.63) is 81.5 Å². The Bertz CT molecular complexity index is 985. The number of benzene rings is 2. The van der Waals surface area contributed by atoms with Crippen LogP contribution in [0.1, 0.15) is 29.8 Å². The van der Waals surface area contributed by atoms with Gasteiger partial charge in [-0.15, -0.1) is 0 Å². The van der Waals surface area contributed by atoms with Gasteiger partial charge in [-0.3, -0.25) is 19.7 Å². The van der Waals surface area contributed by atoms with Gasteiger partial charge in [-0.05, 0) is 29.7 Å². The van der Waals surface area contributed by atoms with Crippen molar-refractivity contribution in [2.75, 3.05) is 0 Å². The molecule has 2 N–H and O–H groups in total. The molecular weight excluding hydrogens is 390 g/mol. The molecule has 30 heavy (non-hydrogen) atoms. The van der Waals surface area contributed by atoms with Crippen molar-refractivity contribution in [2.45, 2.75) is 19.9 Å². The highest BCUT2D eigenvalue weighted by Gasteiger charge is 2.21. The standard InChI is InChI=1S/C21H21N3O6/c1-13(2)18(21(27)28)23-20(26)17(22-19(25)15-8-4-3-5-9-15)12-14-7-6-10-16(11-14)24(29)30/h3-13,18H,1-2H3,(H,22,25)(H,23,26)(H,27,28)/p-1/b17-12+/t18-/m0/s1. The van der Waals surface area contributed by atoms with Crippen LogP contribution in [-0.2, 0) is 9.59 Å². The zero-order chi connectivity index (χ0) is 22.3. The van der Waals surface area contributed by atoms with E-state index in [1.165, 1.54) is 42.5 Å². The molecule has 9 nitrogen and oxygen atoms in total. The van der Waals surface area contributed by atoms with Gasteiger partial charge in [-0.25, -0.2) is 0 Å². The number of carboxylic acids is 1. The van der Waals surface area contributed by atoms with E-state index in [-0.39, 0.29) is 22.5 Å². The molecule has 0 aliphatic rings. The molecule has 0 fully saturated rings. The molecule has 156 valence electrons. The predicted octanol–water partition coefficient (Wildman–Crippen LogP) is 1.26. The first-order valence-corrected chi connectivity index (χ1v) is 9.03. The maximum absolute atomic E-state index is 12.7. The number of amides is 2. The number of carbonyl (C=O) groups is 3. The normalized spacial score (nSPS) is 12.2. The highest BCUT2D eigenvalue weighted by molar-refractivity contribution is 6.06. The van der Waals surface area contributed by atoms with Gasteiger partial charge in [0, 0.05) is 17.7 Å². The molecule has 2 aromatic carbocycles. The molecule has 0 radical (unpaired) electrons. The Morgan fingerprint density at radius 1 is 1.03 bits per heavy atom. The van der Waals surface area contributed by atoms with Gasteiger partial charge in [0.05, 0.1) is 16.9 Å². The van der Waals surface area contributed by atoms with E-state index in [2.05, 4.69) is 10.6 Å². The summed E-state index contributed by atoms with van der Waals surface area (Å²) in [6.45, 7) is 3.18. The van der Waals surface area contributed by atoms with Crippen molar-refractivity contribution < 1.29 is 24.4 Å². The zero-order valence-corrected chi connectivity index (χ0v) is 16.3. The Hall–Kier alpha value is -4.01. The van der Waals surface area contributed by atoms with Crippen LogP contribution < -0.4 is 15.7 Å². The molecule has 0 saturated carbocycles. The fourth-order valence-electron chi connectivity index (χ4n) is 2.55. The van der Waals surface area contributed by atoms with Crippen molar-refractivity contribution in [1.29, 1.82) is 0 Å². The third-order valence-corrected chi connectivity index (χ3v) is 4.13. The number of aliphatic carboxylic acids is 1. The third-order valence-electron chi connectivity index (χ3n) is 4.13. The molecule has 0 heterocycles. The highest BCUT2D eigenvalue weighted by atomic mass is 16.6. The van der Waals surface area contributed by atoms with Gasteiger partial charge < -0.3 is 20.5 Å². The number of nitro groups is 1. The highest BCUT2D eigenvalue weighted by Crippen LogP contribution is 2.16. The lowest BCUT2D eigenvalue weighted by Gasteiger charge is -2.24. The number of nitrogens with one attached hydrogen (secondary N) is 2. The number of rotatable bonds is 8. The van der Waals surface area contributed by atoms with E-state index < -0.39 is 34.7 Å². The number of carbonyl (C=O) groups excluding carboxylic acids is 3. The topological polar surface area (TPSA) is 141 Å². The van der Waals surface area contributed by atoms with Crippen molar-refractivity contribution in [1.82, 2.24) is 10.6 Å². The molecule has 0 aliphatic carbocycles. The Morgan fingerprint density at radius 3 is 2.27 bits per heavy atom. The number of nitro benzene ring substituents is 1. The molecule has 2 amide bonds. The van der Waals surface area contributed by atoms with Crippen LogP contribution in [0.3, 0.4) is 0 Å². The lowest BCUT2D eigenvalue weighted by Crippen LogP contribution is -2.52. The first-order valence-electron chi connectivity index (χ1n) is 9.03. The van der Waals surface area contributed by atoms with Crippen LogP contribution >= 0.6 is 0 Å². The fourth-order valence-corrected chi connectivity index (χ4v) is 2.55. The van der Waals surface area contributed by atoms with E-state index in [1.54, 1.807) is 32.0 Å². The van der Waals surface area contributed by atoms with Crippen LogP contribution in [0.25, 0.3) is 6.08 Å². The van der Waals surface area contributed by atoms with Gasteiger partial charge in [0.1, 0.15) is 5.70 Å². The summed E-state index contributed by atoms with van der Waals surface area (Å²) in [5, 5.41) is 27.1. The fraction of sp³-hybridized carbons (Fsp3) is 0.190. The predicted molar refractivity (Wildman–Crippen MR) is 107 cm³/mol. The maximum atomic E-state index is 12.7. The van der Waals surface area contributed by atoms with Gasteiger partial charge in [0.25, 0.3) is 17.5 Å². The second kappa shape index (κ2) is 9.97. The van der Waals surface area contributed by atoms with E-state index in [4.69, 9.17) is 0 Å². The summed E-state index contributed by atoms with van der Waals surface area (Å²) in [5.74, 6) is -3.41. The van der Waals surface area contributed by atoms with Gasteiger partial charge in [-0.1, -0.05) is 44.2 Å². The summed E-state index contributed by atoms with van der Waals surface area (Å²) in [6.07, 6.45) is 1.23. The minimum atomic E-state index is -1.47. The second-order valence-electron chi connectivity index (χ2n) is 6.74. The van der Waals surface area contributed by atoms with Crippen molar-refractivity contribution in [3.8, 4) is 0 Å². The molecule has 1 atom stereocenters. The van der Waals surface area contributed by atoms with Crippen molar-refractivity contribution >= 4 is 29.5 Å². The maximum Gasteiger partial charge on any atom is 0.270 e. The van der Waals surface area contributed by atoms with E-state index in [0.717, 1.165) is 0 Å².